The number of nitrogens with zero attached hydrogens (tertiary/aromatic N) is 2. The Morgan fingerprint density at radius 1 is 1.13 bits per heavy atom. The van der Waals surface area contributed by atoms with E-state index in [-0.39, 0.29) is 17.8 Å². The largest absolute Gasteiger partial charge is 0.469 e. The summed E-state index contributed by atoms with van der Waals surface area (Å²) in [5.74, 6) is -0.417. The summed E-state index contributed by atoms with van der Waals surface area (Å²) in [6, 6.07) is 11.5. The van der Waals surface area contributed by atoms with E-state index < -0.39 is 12.0 Å². The van der Waals surface area contributed by atoms with E-state index in [2.05, 4.69) is 0 Å². The number of carbonyl (C=O) groups excluding carboxylic acids is 2. The molecule has 0 spiro atoms. The molecule has 0 radical (unpaired) electrons. The van der Waals surface area contributed by atoms with Gasteiger partial charge in [-0.05, 0) is 11.4 Å². The fourth-order valence-corrected chi connectivity index (χ4v) is 5.34. The fraction of sp³-hybridized carbons (Fsp3) is 0.217. The summed E-state index contributed by atoms with van der Waals surface area (Å²) >= 11 is 2.94. The minimum atomic E-state index is -1.04. The van der Waals surface area contributed by atoms with Gasteiger partial charge in [0.05, 0.1) is 18.9 Å². The summed E-state index contributed by atoms with van der Waals surface area (Å²) in [6.07, 6.45) is 0.194. The standard InChI is InChI=1S/C23H20N2O4S2/c1-3-18-24-22-20(15(13-31-22)17-10-7-11-30-17)23(28)25(18)16(12-19(26)29-2)21(27)14-8-5-4-6-9-14/h4-11,13,16H,3,12H2,1-2H3. The lowest BCUT2D eigenvalue weighted by molar-refractivity contribution is -0.141. The van der Waals surface area contributed by atoms with E-state index in [4.69, 9.17) is 9.72 Å². The number of rotatable bonds is 7. The van der Waals surface area contributed by atoms with Gasteiger partial charge in [0.1, 0.15) is 16.7 Å². The Bertz CT molecular complexity index is 1290. The maximum absolute atomic E-state index is 13.8. The molecule has 0 aliphatic heterocycles. The third-order valence-corrected chi connectivity index (χ3v) is 6.85. The lowest BCUT2D eigenvalue weighted by Gasteiger charge is -2.21. The number of hydrogen-bond acceptors (Lipinski definition) is 7. The molecule has 0 aliphatic rings. The zero-order valence-electron chi connectivity index (χ0n) is 17.0. The van der Waals surface area contributed by atoms with Crippen LogP contribution in [0.1, 0.15) is 35.6 Å². The average molecular weight is 453 g/mol. The molecule has 8 heteroatoms. The number of thiophene rings is 2. The van der Waals surface area contributed by atoms with Gasteiger partial charge in [0, 0.05) is 27.8 Å². The van der Waals surface area contributed by atoms with Gasteiger partial charge >= 0.3 is 5.97 Å². The Hall–Kier alpha value is -3.10. The number of esters is 1. The van der Waals surface area contributed by atoms with Crippen molar-refractivity contribution in [1.82, 2.24) is 9.55 Å². The molecule has 3 heterocycles. The topological polar surface area (TPSA) is 78.3 Å². The van der Waals surface area contributed by atoms with Gasteiger partial charge in [0.15, 0.2) is 5.78 Å². The highest BCUT2D eigenvalue weighted by atomic mass is 32.1. The molecule has 0 aliphatic carbocycles. The maximum atomic E-state index is 13.8. The Balaban J connectivity index is 1.96. The van der Waals surface area contributed by atoms with Crippen LogP contribution in [0.5, 0.6) is 0 Å². The molecule has 4 rings (SSSR count). The van der Waals surface area contributed by atoms with E-state index in [9.17, 15) is 14.4 Å². The van der Waals surface area contributed by atoms with Crippen LogP contribution in [-0.4, -0.2) is 28.4 Å². The number of benzene rings is 1. The molecule has 0 saturated heterocycles. The molecule has 1 unspecified atom stereocenters. The van der Waals surface area contributed by atoms with Crippen LogP contribution in [0.4, 0.5) is 0 Å². The molecular formula is C23H20N2O4S2. The summed E-state index contributed by atoms with van der Waals surface area (Å²) in [7, 11) is 1.27. The maximum Gasteiger partial charge on any atom is 0.308 e. The van der Waals surface area contributed by atoms with Gasteiger partial charge < -0.3 is 4.74 Å². The third-order valence-electron chi connectivity index (χ3n) is 5.08. The summed E-state index contributed by atoms with van der Waals surface area (Å²) in [6.45, 7) is 1.88. The molecule has 6 nitrogen and oxygen atoms in total. The molecule has 0 fully saturated rings. The van der Waals surface area contributed by atoms with Crippen LogP contribution in [0, 0.1) is 0 Å². The molecule has 3 aromatic heterocycles. The van der Waals surface area contributed by atoms with Crippen molar-refractivity contribution in [3.8, 4) is 10.4 Å². The first-order valence-electron chi connectivity index (χ1n) is 9.77. The second-order valence-corrected chi connectivity index (χ2v) is 8.70. The van der Waals surface area contributed by atoms with E-state index in [1.54, 1.807) is 24.3 Å². The SMILES string of the molecule is CCc1nc2scc(-c3cccs3)c2c(=O)n1C(CC(=O)OC)C(=O)c1ccccc1. The summed E-state index contributed by atoms with van der Waals surface area (Å²) < 4.78 is 6.22. The van der Waals surface area contributed by atoms with Gasteiger partial charge in [-0.25, -0.2) is 4.98 Å². The molecule has 31 heavy (non-hydrogen) atoms. The van der Waals surface area contributed by atoms with Crippen LogP contribution >= 0.6 is 22.7 Å². The van der Waals surface area contributed by atoms with Gasteiger partial charge in [-0.1, -0.05) is 43.3 Å². The van der Waals surface area contributed by atoms with Gasteiger partial charge in [-0.15, -0.1) is 22.7 Å². The number of aromatic nitrogens is 2. The number of hydrogen-bond donors (Lipinski definition) is 0. The smallest absolute Gasteiger partial charge is 0.308 e. The molecule has 158 valence electrons. The normalized spacial score (nSPS) is 12.1. The zero-order valence-corrected chi connectivity index (χ0v) is 18.7. The van der Waals surface area contributed by atoms with Gasteiger partial charge in [-0.2, -0.15) is 0 Å². The first-order valence-corrected chi connectivity index (χ1v) is 11.5. The predicted molar refractivity (Wildman–Crippen MR) is 123 cm³/mol. The van der Waals surface area contributed by atoms with Crippen molar-refractivity contribution < 1.29 is 14.3 Å². The Morgan fingerprint density at radius 2 is 1.90 bits per heavy atom. The van der Waals surface area contributed by atoms with Crippen molar-refractivity contribution in [2.75, 3.05) is 7.11 Å². The quantitative estimate of drug-likeness (QED) is 0.299. The van der Waals surface area contributed by atoms with E-state index in [1.165, 1.54) is 34.4 Å². The number of ether oxygens (including phenoxy) is 1. The summed E-state index contributed by atoms with van der Waals surface area (Å²) in [4.78, 5) is 45.7. The molecule has 0 amide bonds. The van der Waals surface area contributed by atoms with E-state index >= 15 is 0 Å². The second kappa shape index (κ2) is 8.95. The van der Waals surface area contributed by atoms with Crippen molar-refractivity contribution >= 4 is 44.6 Å². The Kier molecular flexibility index (Phi) is 6.11. The number of fused-ring (bicyclic) bond motifs is 1. The number of Topliss-reactive ketones (excluding diaryl/α,β-unsaturated/α-hetero) is 1. The molecule has 0 saturated carbocycles. The van der Waals surface area contributed by atoms with Crippen molar-refractivity contribution in [2.45, 2.75) is 25.8 Å². The van der Waals surface area contributed by atoms with Gasteiger partial charge in [0.25, 0.3) is 5.56 Å². The second-order valence-electron chi connectivity index (χ2n) is 6.89. The van der Waals surface area contributed by atoms with Crippen LogP contribution in [0.15, 0.2) is 58.0 Å². The molecule has 0 bridgehead atoms. The Labute approximate surface area is 186 Å². The average Bonchev–Trinajstić information content (AvgIpc) is 3.47. The monoisotopic (exact) mass is 452 g/mol. The highest BCUT2D eigenvalue weighted by molar-refractivity contribution is 7.18. The van der Waals surface area contributed by atoms with E-state index in [0.29, 0.717) is 28.0 Å². The van der Waals surface area contributed by atoms with Crippen LogP contribution < -0.4 is 5.56 Å². The van der Waals surface area contributed by atoms with Crippen LogP contribution in [0.2, 0.25) is 0 Å². The molecule has 4 aromatic rings. The van der Waals surface area contributed by atoms with Crippen molar-refractivity contribution in [3.63, 3.8) is 0 Å². The molecule has 1 atom stereocenters. The van der Waals surface area contributed by atoms with Crippen LogP contribution in [0.25, 0.3) is 20.7 Å². The number of ketones is 1. The predicted octanol–water partition coefficient (Wildman–Crippen LogP) is 4.74. The zero-order chi connectivity index (χ0) is 22.0. The highest BCUT2D eigenvalue weighted by Crippen LogP contribution is 2.34. The van der Waals surface area contributed by atoms with E-state index in [1.807, 2.05) is 35.9 Å². The lowest BCUT2D eigenvalue weighted by Crippen LogP contribution is -2.35. The molecular weight excluding hydrogens is 432 g/mol. The first-order chi connectivity index (χ1) is 15.0. The Morgan fingerprint density at radius 3 is 2.55 bits per heavy atom. The number of carbonyl (C=O) groups is 2. The summed E-state index contributed by atoms with van der Waals surface area (Å²) in [5.41, 5.74) is 0.909. The van der Waals surface area contributed by atoms with Gasteiger partial charge in [-0.3, -0.25) is 19.0 Å². The summed E-state index contributed by atoms with van der Waals surface area (Å²) in [5, 5.41) is 4.34. The van der Waals surface area contributed by atoms with E-state index in [0.717, 1.165) is 10.4 Å². The minimum Gasteiger partial charge on any atom is -0.469 e. The van der Waals surface area contributed by atoms with Crippen molar-refractivity contribution in [3.05, 3.63) is 75.0 Å². The van der Waals surface area contributed by atoms with Crippen LogP contribution in [0.3, 0.4) is 0 Å². The fourth-order valence-electron chi connectivity index (χ4n) is 3.57. The lowest BCUT2D eigenvalue weighted by atomic mass is 10.0. The van der Waals surface area contributed by atoms with Crippen molar-refractivity contribution in [1.29, 1.82) is 0 Å². The minimum absolute atomic E-state index is 0.247. The number of methoxy groups -OCH3 is 1. The van der Waals surface area contributed by atoms with Gasteiger partial charge in [0.2, 0.25) is 0 Å². The molecule has 0 N–H and O–H groups in total. The number of aryl methyl sites for hydroxylation is 1. The van der Waals surface area contributed by atoms with Crippen LogP contribution in [-0.2, 0) is 16.0 Å². The van der Waals surface area contributed by atoms with Crippen molar-refractivity contribution in [2.24, 2.45) is 0 Å². The molecule has 1 aromatic carbocycles. The highest BCUT2D eigenvalue weighted by Gasteiger charge is 2.30. The first kappa shape index (κ1) is 21.1. The third kappa shape index (κ3) is 3.96.